The highest BCUT2D eigenvalue weighted by Gasteiger charge is 2.22. The third kappa shape index (κ3) is 4.48. The molecule has 0 radical (unpaired) electrons. The van der Waals surface area contributed by atoms with Gasteiger partial charge >= 0.3 is 0 Å². The van der Waals surface area contributed by atoms with Crippen LogP contribution in [0.2, 0.25) is 0 Å². The molecule has 2 aromatic heterocycles. The van der Waals surface area contributed by atoms with Crippen LogP contribution in [0, 0.1) is 5.82 Å². The fraction of sp³-hybridized carbons (Fsp3) is 0.208. The van der Waals surface area contributed by atoms with Gasteiger partial charge in [-0.2, -0.15) is 5.10 Å². The van der Waals surface area contributed by atoms with Gasteiger partial charge in [-0.1, -0.05) is 32.9 Å². The molecule has 31 heavy (non-hydrogen) atoms. The molecule has 0 saturated heterocycles. The van der Waals surface area contributed by atoms with Crippen LogP contribution >= 0.6 is 11.3 Å². The lowest BCUT2D eigenvalue weighted by molar-refractivity contribution is 0.560. The van der Waals surface area contributed by atoms with Gasteiger partial charge in [0.05, 0.1) is 26.8 Å². The molecule has 0 amide bonds. The van der Waals surface area contributed by atoms with Gasteiger partial charge in [0.1, 0.15) is 5.82 Å². The van der Waals surface area contributed by atoms with Crippen LogP contribution in [0.5, 0.6) is 0 Å². The SMILES string of the molecule is CC(C)(C)c1cc(-c2ccc(-c3cccc(S(C)(=O)=O)c3)s2)n(-c2ccc(F)cc2)n1. The van der Waals surface area contributed by atoms with Crippen molar-refractivity contribution < 1.29 is 12.8 Å². The third-order valence-corrected chi connectivity index (χ3v) is 7.22. The quantitative estimate of drug-likeness (QED) is 0.374. The number of benzene rings is 2. The van der Waals surface area contributed by atoms with Crippen molar-refractivity contribution in [2.45, 2.75) is 31.1 Å². The minimum atomic E-state index is -3.28. The Hall–Kier alpha value is -2.77. The minimum Gasteiger partial charge on any atom is -0.232 e. The summed E-state index contributed by atoms with van der Waals surface area (Å²) in [4.78, 5) is 2.25. The van der Waals surface area contributed by atoms with E-state index in [0.717, 1.165) is 32.4 Å². The second kappa shape index (κ2) is 7.73. The van der Waals surface area contributed by atoms with E-state index in [1.807, 2.05) is 22.9 Å². The number of halogens is 1. The van der Waals surface area contributed by atoms with Crippen LogP contribution in [0.15, 0.2) is 71.6 Å². The maximum Gasteiger partial charge on any atom is 0.175 e. The Morgan fingerprint density at radius 3 is 2.26 bits per heavy atom. The average Bonchev–Trinajstić information content (AvgIpc) is 3.35. The smallest absolute Gasteiger partial charge is 0.175 e. The summed E-state index contributed by atoms with van der Waals surface area (Å²) >= 11 is 1.56. The molecule has 0 aliphatic carbocycles. The van der Waals surface area contributed by atoms with Crippen molar-refractivity contribution in [3.05, 3.63) is 78.2 Å². The Labute approximate surface area is 185 Å². The maximum absolute atomic E-state index is 13.5. The van der Waals surface area contributed by atoms with Crippen molar-refractivity contribution in [1.82, 2.24) is 9.78 Å². The van der Waals surface area contributed by atoms with E-state index in [0.29, 0.717) is 4.90 Å². The highest BCUT2D eigenvalue weighted by Crippen LogP contribution is 2.37. The monoisotopic (exact) mass is 454 g/mol. The largest absolute Gasteiger partial charge is 0.232 e. The number of nitrogens with zero attached hydrogens (tertiary/aromatic N) is 2. The zero-order chi connectivity index (χ0) is 22.4. The number of aromatic nitrogens is 2. The van der Waals surface area contributed by atoms with E-state index in [1.165, 1.54) is 18.4 Å². The molecule has 4 aromatic rings. The van der Waals surface area contributed by atoms with Gasteiger partial charge in [0.2, 0.25) is 0 Å². The second-order valence-electron chi connectivity index (χ2n) is 8.52. The summed E-state index contributed by atoms with van der Waals surface area (Å²) in [6.45, 7) is 6.31. The molecule has 0 aliphatic heterocycles. The van der Waals surface area contributed by atoms with E-state index < -0.39 is 9.84 Å². The van der Waals surface area contributed by atoms with Gasteiger partial charge in [-0.25, -0.2) is 17.5 Å². The highest BCUT2D eigenvalue weighted by atomic mass is 32.2. The Bertz CT molecular complexity index is 1340. The molecule has 2 aromatic carbocycles. The lowest BCUT2D eigenvalue weighted by Gasteiger charge is -2.14. The molecule has 0 N–H and O–H groups in total. The fourth-order valence-corrected chi connectivity index (χ4v) is 4.88. The van der Waals surface area contributed by atoms with E-state index >= 15 is 0 Å². The van der Waals surface area contributed by atoms with Gasteiger partial charge < -0.3 is 0 Å². The molecule has 0 atom stereocenters. The molecule has 4 rings (SSSR count). The lowest BCUT2D eigenvalue weighted by Crippen LogP contribution is -2.12. The van der Waals surface area contributed by atoms with Gasteiger partial charge in [0, 0.05) is 16.5 Å². The van der Waals surface area contributed by atoms with Crippen molar-refractivity contribution in [2.24, 2.45) is 0 Å². The standard InChI is InChI=1S/C24H23FN2O2S2/c1-24(2,3)23-15-20(27(26-23)18-10-8-17(25)9-11-18)22-13-12-21(30-22)16-6-5-7-19(14-16)31(4,28)29/h5-15H,1-4H3. The topological polar surface area (TPSA) is 52.0 Å². The highest BCUT2D eigenvalue weighted by molar-refractivity contribution is 7.90. The van der Waals surface area contributed by atoms with Crippen molar-refractivity contribution in [2.75, 3.05) is 6.26 Å². The van der Waals surface area contributed by atoms with Crippen molar-refractivity contribution in [3.8, 4) is 26.7 Å². The molecule has 0 aliphatic rings. The van der Waals surface area contributed by atoms with Crippen LogP contribution in [-0.2, 0) is 15.3 Å². The first-order chi connectivity index (χ1) is 14.5. The van der Waals surface area contributed by atoms with E-state index in [-0.39, 0.29) is 11.2 Å². The molecule has 4 nitrogen and oxygen atoms in total. The van der Waals surface area contributed by atoms with Gasteiger partial charge in [0.25, 0.3) is 0 Å². The summed E-state index contributed by atoms with van der Waals surface area (Å²) in [5.74, 6) is -0.294. The molecule has 160 valence electrons. The van der Waals surface area contributed by atoms with Crippen LogP contribution in [0.1, 0.15) is 26.5 Å². The predicted molar refractivity (Wildman–Crippen MR) is 124 cm³/mol. The number of rotatable bonds is 4. The van der Waals surface area contributed by atoms with Crippen LogP contribution < -0.4 is 0 Å². The maximum atomic E-state index is 13.5. The summed E-state index contributed by atoms with van der Waals surface area (Å²) in [5, 5.41) is 4.81. The van der Waals surface area contributed by atoms with E-state index in [1.54, 1.807) is 41.7 Å². The Balaban J connectivity index is 1.82. The second-order valence-corrected chi connectivity index (χ2v) is 11.6. The van der Waals surface area contributed by atoms with Crippen molar-refractivity contribution in [1.29, 1.82) is 0 Å². The summed E-state index contributed by atoms with van der Waals surface area (Å²) in [5.41, 5.74) is 3.32. The first-order valence-corrected chi connectivity index (χ1v) is 12.5. The van der Waals surface area contributed by atoms with Crippen LogP contribution in [0.3, 0.4) is 0 Å². The average molecular weight is 455 g/mol. The van der Waals surface area contributed by atoms with Gasteiger partial charge in [0.15, 0.2) is 9.84 Å². The molecule has 0 spiro atoms. The van der Waals surface area contributed by atoms with Crippen molar-refractivity contribution in [3.63, 3.8) is 0 Å². The molecule has 0 bridgehead atoms. The first kappa shape index (κ1) is 21.5. The van der Waals surface area contributed by atoms with Crippen LogP contribution in [0.25, 0.3) is 26.7 Å². The number of hydrogen-bond acceptors (Lipinski definition) is 4. The van der Waals surface area contributed by atoms with E-state index in [4.69, 9.17) is 5.10 Å². The molecule has 2 heterocycles. The number of sulfone groups is 1. The van der Waals surface area contributed by atoms with E-state index in [9.17, 15) is 12.8 Å². The van der Waals surface area contributed by atoms with Crippen molar-refractivity contribution >= 4 is 21.2 Å². The summed E-state index contributed by atoms with van der Waals surface area (Å²) < 4.78 is 39.2. The number of hydrogen-bond donors (Lipinski definition) is 0. The predicted octanol–water partition coefficient (Wildman–Crippen LogP) is 6.11. The molecule has 0 saturated carbocycles. The normalized spacial score (nSPS) is 12.3. The molecule has 0 fully saturated rings. The first-order valence-electron chi connectivity index (χ1n) is 9.79. The summed E-state index contributed by atoms with van der Waals surface area (Å²) in [6, 6.07) is 19.3. The minimum absolute atomic E-state index is 0.149. The zero-order valence-corrected chi connectivity index (χ0v) is 19.4. The Morgan fingerprint density at radius 2 is 1.61 bits per heavy atom. The van der Waals surface area contributed by atoms with Gasteiger partial charge in [-0.05, 0) is 60.2 Å². The Morgan fingerprint density at radius 1 is 0.935 bits per heavy atom. The van der Waals surface area contributed by atoms with Gasteiger partial charge in [-0.3, -0.25) is 0 Å². The van der Waals surface area contributed by atoms with Crippen LogP contribution in [0.4, 0.5) is 4.39 Å². The zero-order valence-electron chi connectivity index (χ0n) is 17.8. The molecular formula is C24H23FN2O2S2. The molecule has 0 unspecified atom stereocenters. The van der Waals surface area contributed by atoms with Crippen LogP contribution in [-0.4, -0.2) is 24.5 Å². The van der Waals surface area contributed by atoms with E-state index in [2.05, 4.69) is 26.8 Å². The number of thiophene rings is 1. The molecular weight excluding hydrogens is 431 g/mol. The lowest BCUT2D eigenvalue weighted by atomic mass is 9.92. The fourth-order valence-electron chi connectivity index (χ4n) is 3.21. The summed E-state index contributed by atoms with van der Waals surface area (Å²) in [6.07, 6.45) is 1.21. The van der Waals surface area contributed by atoms with Gasteiger partial charge in [-0.15, -0.1) is 11.3 Å². The third-order valence-electron chi connectivity index (χ3n) is 4.95. The summed E-state index contributed by atoms with van der Waals surface area (Å²) in [7, 11) is -3.28. The Kier molecular flexibility index (Phi) is 5.35. The molecule has 7 heteroatoms.